The molecule has 3 heteroatoms. The Morgan fingerprint density at radius 2 is 1.96 bits per heavy atom. The number of hydrogen-bond donors (Lipinski definition) is 0. The molecule has 0 radical (unpaired) electrons. The standard InChI is InChI=1S/C21H26N2O/c1-15-13-21(2,3)23(4)19-11-10-16(12-17(15)19)14-22-18-8-6-7-9-20(18)24-5/h6-12,14-15H,13H2,1-5H3/t15-/m0/s1. The molecule has 0 aliphatic carbocycles. The Morgan fingerprint density at radius 1 is 1.21 bits per heavy atom. The van der Waals surface area contributed by atoms with Gasteiger partial charge in [-0.25, -0.2) is 0 Å². The molecule has 3 nitrogen and oxygen atoms in total. The minimum atomic E-state index is 0.194. The minimum Gasteiger partial charge on any atom is -0.494 e. The first-order valence-corrected chi connectivity index (χ1v) is 8.47. The second-order valence-electron chi connectivity index (χ2n) is 7.22. The molecular weight excluding hydrogens is 296 g/mol. The van der Waals surface area contributed by atoms with Gasteiger partial charge in [-0.3, -0.25) is 4.99 Å². The number of hydrogen-bond acceptors (Lipinski definition) is 3. The zero-order valence-corrected chi connectivity index (χ0v) is 15.2. The van der Waals surface area contributed by atoms with Crippen molar-refractivity contribution in [1.82, 2.24) is 0 Å². The maximum Gasteiger partial charge on any atom is 0.144 e. The van der Waals surface area contributed by atoms with Crippen molar-refractivity contribution in [3.8, 4) is 5.75 Å². The van der Waals surface area contributed by atoms with Crippen LogP contribution < -0.4 is 9.64 Å². The monoisotopic (exact) mass is 322 g/mol. The number of para-hydroxylation sites is 2. The van der Waals surface area contributed by atoms with Crippen LogP contribution in [0.25, 0.3) is 0 Å². The van der Waals surface area contributed by atoms with Crippen LogP contribution >= 0.6 is 0 Å². The van der Waals surface area contributed by atoms with Gasteiger partial charge in [-0.05, 0) is 61.6 Å². The fourth-order valence-corrected chi connectivity index (χ4v) is 3.56. The first kappa shape index (κ1) is 16.6. The Labute approximate surface area is 145 Å². The number of methoxy groups -OCH3 is 1. The van der Waals surface area contributed by atoms with Crippen molar-refractivity contribution in [3.05, 3.63) is 53.6 Å². The van der Waals surface area contributed by atoms with Gasteiger partial charge in [0.25, 0.3) is 0 Å². The molecule has 0 N–H and O–H groups in total. The molecular formula is C21H26N2O. The number of anilines is 1. The van der Waals surface area contributed by atoms with Gasteiger partial charge >= 0.3 is 0 Å². The fourth-order valence-electron chi connectivity index (χ4n) is 3.56. The number of rotatable bonds is 3. The third-order valence-corrected chi connectivity index (χ3v) is 5.10. The minimum absolute atomic E-state index is 0.194. The molecule has 1 aliphatic heterocycles. The van der Waals surface area contributed by atoms with Gasteiger partial charge in [-0.2, -0.15) is 0 Å². The molecule has 1 heterocycles. The number of aliphatic imine (C=N–C) groups is 1. The topological polar surface area (TPSA) is 24.8 Å². The average molecular weight is 322 g/mol. The van der Waals surface area contributed by atoms with E-state index in [1.807, 2.05) is 30.5 Å². The Kier molecular flexibility index (Phi) is 4.35. The maximum absolute atomic E-state index is 5.36. The number of benzene rings is 2. The molecule has 1 aliphatic rings. The van der Waals surface area contributed by atoms with E-state index in [4.69, 9.17) is 4.74 Å². The molecule has 0 saturated heterocycles. The van der Waals surface area contributed by atoms with E-state index in [9.17, 15) is 0 Å². The predicted octanol–water partition coefficient (Wildman–Crippen LogP) is 5.17. The van der Waals surface area contributed by atoms with Crippen LogP contribution in [-0.2, 0) is 0 Å². The van der Waals surface area contributed by atoms with Crippen LogP contribution in [0.3, 0.4) is 0 Å². The summed E-state index contributed by atoms with van der Waals surface area (Å²) in [6.45, 7) is 6.93. The summed E-state index contributed by atoms with van der Waals surface area (Å²) in [6.07, 6.45) is 3.08. The SMILES string of the molecule is COc1ccccc1N=Cc1ccc2c(c1)[C@@H](C)CC(C)(C)N2C. The number of fused-ring (bicyclic) bond motifs is 1. The summed E-state index contributed by atoms with van der Waals surface area (Å²) in [5, 5.41) is 0. The van der Waals surface area contributed by atoms with Crippen molar-refractivity contribution in [3.63, 3.8) is 0 Å². The molecule has 0 amide bonds. The van der Waals surface area contributed by atoms with Gasteiger partial charge < -0.3 is 9.64 Å². The first-order chi connectivity index (χ1) is 11.4. The van der Waals surface area contributed by atoms with Crippen molar-refractivity contribution >= 4 is 17.6 Å². The molecule has 2 aromatic carbocycles. The van der Waals surface area contributed by atoms with Gasteiger partial charge in [0.1, 0.15) is 11.4 Å². The summed E-state index contributed by atoms with van der Waals surface area (Å²) >= 11 is 0. The predicted molar refractivity (Wildman–Crippen MR) is 102 cm³/mol. The van der Waals surface area contributed by atoms with Crippen LogP contribution in [0.1, 0.15) is 44.2 Å². The molecule has 0 saturated carbocycles. The lowest BCUT2D eigenvalue weighted by atomic mass is 9.80. The summed E-state index contributed by atoms with van der Waals surface area (Å²) in [6, 6.07) is 14.5. The highest BCUT2D eigenvalue weighted by Crippen LogP contribution is 2.42. The van der Waals surface area contributed by atoms with Crippen LogP contribution in [0.15, 0.2) is 47.5 Å². The summed E-state index contributed by atoms with van der Waals surface area (Å²) in [5.41, 5.74) is 4.90. The van der Waals surface area contributed by atoms with Crippen molar-refractivity contribution in [2.24, 2.45) is 4.99 Å². The van der Waals surface area contributed by atoms with E-state index in [2.05, 4.69) is 55.9 Å². The second-order valence-corrected chi connectivity index (χ2v) is 7.22. The molecule has 0 bridgehead atoms. The Balaban J connectivity index is 1.92. The molecule has 126 valence electrons. The van der Waals surface area contributed by atoms with Gasteiger partial charge in [-0.15, -0.1) is 0 Å². The molecule has 24 heavy (non-hydrogen) atoms. The van der Waals surface area contributed by atoms with Gasteiger partial charge in [-0.1, -0.05) is 25.1 Å². The van der Waals surface area contributed by atoms with Crippen LogP contribution in [0, 0.1) is 0 Å². The van der Waals surface area contributed by atoms with E-state index in [0.717, 1.165) is 23.4 Å². The molecule has 0 aromatic heterocycles. The molecule has 1 atom stereocenters. The zero-order valence-electron chi connectivity index (χ0n) is 15.2. The summed E-state index contributed by atoms with van der Waals surface area (Å²) in [7, 11) is 3.86. The van der Waals surface area contributed by atoms with Crippen LogP contribution in [0.2, 0.25) is 0 Å². The summed E-state index contributed by atoms with van der Waals surface area (Å²) in [5.74, 6) is 1.34. The van der Waals surface area contributed by atoms with E-state index in [1.54, 1.807) is 7.11 Å². The van der Waals surface area contributed by atoms with Crippen LogP contribution in [0.5, 0.6) is 5.75 Å². The van der Waals surface area contributed by atoms with E-state index in [1.165, 1.54) is 11.3 Å². The highest BCUT2D eigenvalue weighted by molar-refractivity contribution is 5.84. The van der Waals surface area contributed by atoms with Crippen LogP contribution in [0.4, 0.5) is 11.4 Å². The van der Waals surface area contributed by atoms with E-state index >= 15 is 0 Å². The smallest absolute Gasteiger partial charge is 0.144 e. The highest BCUT2D eigenvalue weighted by Gasteiger charge is 2.33. The highest BCUT2D eigenvalue weighted by atomic mass is 16.5. The lowest BCUT2D eigenvalue weighted by Crippen LogP contribution is -2.45. The first-order valence-electron chi connectivity index (χ1n) is 8.47. The van der Waals surface area contributed by atoms with E-state index in [0.29, 0.717) is 5.92 Å². The number of ether oxygens (including phenoxy) is 1. The summed E-state index contributed by atoms with van der Waals surface area (Å²) < 4.78 is 5.36. The lowest BCUT2D eigenvalue weighted by molar-refractivity contribution is 0.395. The maximum atomic E-state index is 5.36. The van der Waals surface area contributed by atoms with Crippen molar-refractivity contribution in [2.75, 3.05) is 19.1 Å². The Morgan fingerprint density at radius 3 is 2.71 bits per heavy atom. The summed E-state index contributed by atoms with van der Waals surface area (Å²) in [4.78, 5) is 7.00. The quantitative estimate of drug-likeness (QED) is 0.728. The molecule has 2 aromatic rings. The average Bonchev–Trinajstić information content (AvgIpc) is 2.58. The molecule has 3 rings (SSSR count). The molecule has 0 unspecified atom stereocenters. The Bertz CT molecular complexity index is 764. The van der Waals surface area contributed by atoms with Crippen molar-refractivity contribution in [2.45, 2.75) is 38.6 Å². The normalized spacial score (nSPS) is 19.4. The van der Waals surface area contributed by atoms with Gasteiger partial charge in [0.15, 0.2) is 0 Å². The largest absolute Gasteiger partial charge is 0.494 e. The Hall–Kier alpha value is -2.29. The van der Waals surface area contributed by atoms with Crippen molar-refractivity contribution in [1.29, 1.82) is 0 Å². The van der Waals surface area contributed by atoms with Gasteiger partial charge in [0.05, 0.1) is 7.11 Å². The van der Waals surface area contributed by atoms with E-state index < -0.39 is 0 Å². The number of nitrogens with zero attached hydrogens (tertiary/aromatic N) is 2. The van der Waals surface area contributed by atoms with E-state index in [-0.39, 0.29) is 5.54 Å². The van der Waals surface area contributed by atoms with Crippen molar-refractivity contribution < 1.29 is 4.74 Å². The van der Waals surface area contributed by atoms with Gasteiger partial charge in [0.2, 0.25) is 0 Å². The van der Waals surface area contributed by atoms with Crippen LogP contribution in [-0.4, -0.2) is 25.9 Å². The fraction of sp³-hybridized carbons (Fsp3) is 0.381. The zero-order chi connectivity index (χ0) is 17.3. The second kappa shape index (κ2) is 6.31. The third kappa shape index (κ3) is 3.03. The molecule has 0 fully saturated rings. The lowest BCUT2D eigenvalue weighted by Gasteiger charge is -2.45. The third-order valence-electron chi connectivity index (χ3n) is 5.10. The van der Waals surface area contributed by atoms with Gasteiger partial charge in [0, 0.05) is 24.5 Å². The molecule has 0 spiro atoms.